The lowest BCUT2D eigenvalue weighted by atomic mass is 10.1. The normalized spacial score (nSPS) is 11.4. The van der Waals surface area contributed by atoms with Crippen molar-refractivity contribution in [3.05, 3.63) is 56.7 Å². The molecule has 0 saturated carbocycles. The van der Waals surface area contributed by atoms with E-state index in [4.69, 9.17) is 5.10 Å². The first-order valence-electron chi connectivity index (χ1n) is 9.13. The zero-order valence-corrected chi connectivity index (χ0v) is 17.0. The first-order valence-corrected chi connectivity index (χ1v) is 10.0. The zero-order valence-electron chi connectivity index (χ0n) is 16.1. The van der Waals surface area contributed by atoms with Crippen molar-refractivity contribution in [1.29, 1.82) is 0 Å². The zero-order chi connectivity index (χ0) is 19.8. The highest BCUT2D eigenvalue weighted by Gasteiger charge is 2.11. The predicted molar refractivity (Wildman–Crippen MR) is 112 cm³/mol. The van der Waals surface area contributed by atoms with Crippen LogP contribution in [0.4, 0.5) is 5.69 Å². The van der Waals surface area contributed by atoms with Crippen molar-refractivity contribution in [1.82, 2.24) is 4.68 Å². The van der Waals surface area contributed by atoms with Crippen molar-refractivity contribution in [2.24, 2.45) is 10.1 Å². The van der Waals surface area contributed by atoms with Crippen molar-refractivity contribution in [2.75, 3.05) is 6.54 Å². The Morgan fingerprint density at radius 2 is 1.85 bits per heavy atom. The Morgan fingerprint density at radius 3 is 2.37 bits per heavy atom. The minimum Gasteiger partial charge on any atom is -0.258 e. The van der Waals surface area contributed by atoms with Crippen LogP contribution in [0.5, 0.6) is 0 Å². The molecule has 1 heterocycles. The molecule has 27 heavy (non-hydrogen) atoms. The molecule has 1 aromatic heterocycles. The summed E-state index contributed by atoms with van der Waals surface area (Å²) < 4.78 is 1.87. The molecule has 0 N–H and O–H groups in total. The van der Waals surface area contributed by atoms with E-state index in [9.17, 15) is 10.1 Å². The second-order valence-corrected chi connectivity index (χ2v) is 7.30. The van der Waals surface area contributed by atoms with Gasteiger partial charge in [-0.3, -0.25) is 15.1 Å². The molecule has 2 aromatic rings. The van der Waals surface area contributed by atoms with Gasteiger partial charge < -0.3 is 0 Å². The lowest BCUT2D eigenvalue weighted by Gasteiger charge is -2.08. The van der Waals surface area contributed by atoms with E-state index in [1.54, 1.807) is 12.1 Å². The topological polar surface area (TPSA) is 72.8 Å². The van der Waals surface area contributed by atoms with Crippen LogP contribution < -0.4 is 4.80 Å². The fraction of sp³-hybridized carbons (Fsp3) is 0.400. The van der Waals surface area contributed by atoms with E-state index in [1.807, 2.05) is 17.0 Å². The summed E-state index contributed by atoms with van der Waals surface area (Å²) in [6.45, 7) is 10.7. The average molecular weight is 387 g/mol. The van der Waals surface area contributed by atoms with E-state index in [-0.39, 0.29) is 5.69 Å². The molecule has 0 radical (unpaired) electrons. The van der Waals surface area contributed by atoms with Crippen LogP contribution in [0.3, 0.4) is 0 Å². The minimum atomic E-state index is -0.391. The highest BCUT2D eigenvalue weighted by atomic mass is 32.1. The minimum absolute atomic E-state index is 0.0777. The second-order valence-electron chi connectivity index (χ2n) is 6.46. The summed E-state index contributed by atoms with van der Waals surface area (Å²) >= 11 is 1.52. The van der Waals surface area contributed by atoms with E-state index in [2.05, 4.69) is 25.4 Å². The standard InChI is InChI=1S/C20H26N4O2S/c1-5-7-17(8-6-2)22-23-19(14-27-20(23)21-13-15(3)4)16-9-11-18(12-10-16)24(25)26/h9-12,14H,3,5-8,13H2,1-2,4H3. The molecule has 2 rings (SSSR count). The molecule has 0 aliphatic carbocycles. The number of hydrogen-bond donors (Lipinski definition) is 0. The van der Waals surface area contributed by atoms with Crippen LogP contribution in [0, 0.1) is 10.1 Å². The monoisotopic (exact) mass is 386 g/mol. The van der Waals surface area contributed by atoms with Gasteiger partial charge in [-0.1, -0.05) is 38.8 Å². The number of nitro benzene ring substituents is 1. The number of nitrogens with zero attached hydrogens (tertiary/aromatic N) is 4. The fourth-order valence-electron chi connectivity index (χ4n) is 2.60. The lowest BCUT2D eigenvalue weighted by molar-refractivity contribution is -0.384. The highest BCUT2D eigenvalue weighted by molar-refractivity contribution is 7.07. The van der Waals surface area contributed by atoms with Gasteiger partial charge in [0.1, 0.15) is 0 Å². The van der Waals surface area contributed by atoms with Gasteiger partial charge in [0.2, 0.25) is 4.80 Å². The number of non-ortho nitro benzene ring substituents is 1. The molecule has 144 valence electrons. The van der Waals surface area contributed by atoms with Crippen LogP contribution >= 0.6 is 11.3 Å². The molecule has 7 heteroatoms. The van der Waals surface area contributed by atoms with Crippen molar-refractivity contribution in [2.45, 2.75) is 46.5 Å². The Labute approximate surface area is 163 Å². The smallest absolute Gasteiger partial charge is 0.258 e. The third-order valence-corrected chi connectivity index (χ3v) is 4.72. The fourth-order valence-corrected chi connectivity index (χ4v) is 3.43. The van der Waals surface area contributed by atoms with Crippen LogP contribution in [0.25, 0.3) is 11.3 Å². The highest BCUT2D eigenvalue weighted by Crippen LogP contribution is 2.23. The van der Waals surface area contributed by atoms with Crippen LogP contribution in [0.2, 0.25) is 0 Å². The number of benzene rings is 1. The summed E-state index contributed by atoms with van der Waals surface area (Å²) in [6, 6.07) is 6.55. The van der Waals surface area contributed by atoms with Gasteiger partial charge in [0.05, 0.1) is 17.2 Å². The molecule has 0 spiro atoms. The molecule has 0 unspecified atom stereocenters. The maximum absolute atomic E-state index is 10.9. The Balaban J connectivity index is 2.57. The van der Waals surface area contributed by atoms with Crippen molar-refractivity contribution in [3.8, 4) is 11.3 Å². The number of nitro groups is 1. The van der Waals surface area contributed by atoms with Crippen LogP contribution in [-0.2, 0) is 0 Å². The van der Waals surface area contributed by atoms with Crippen LogP contribution in [-0.4, -0.2) is 21.9 Å². The molecule has 0 bridgehead atoms. The lowest BCUT2D eigenvalue weighted by Crippen LogP contribution is -2.15. The van der Waals surface area contributed by atoms with Crippen molar-refractivity contribution in [3.63, 3.8) is 0 Å². The molecule has 0 atom stereocenters. The van der Waals surface area contributed by atoms with E-state index in [0.717, 1.165) is 53.0 Å². The Hall–Kier alpha value is -2.54. The maximum Gasteiger partial charge on any atom is 0.269 e. The molecule has 0 fully saturated rings. The molecule has 0 amide bonds. The largest absolute Gasteiger partial charge is 0.269 e. The number of thiazole rings is 1. The molecule has 0 aliphatic heterocycles. The Bertz CT molecular complexity index is 883. The summed E-state index contributed by atoms with van der Waals surface area (Å²) in [7, 11) is 0. The second kappa shape index (κ2) is 9.97. The Kier molecular flexibility index (Phi) is 7.67. The van der Waals surface area contributed by atoms with Gasteiger partial charge in [0.25, 0.3) is 5.69 Å². The van der Waals surface area contributed by atoms with Gasteiger partial charge in [-0.25, -0.2) is 4.68 Å². The quantitative estimate of drug-likeness (QED) is 0.250. The first kappa shape index (κ1) is 20.8. The van der Waals surface area contributed by atoms with Crippen molar-refractivity contribution >= 4 is 22.7 Å². The van der Waals surface area contributed by atoms with E-state index in [1.165, 1.54) is 23.5 Å². The first-order chi connectivity index (χ1) is 13.0. The van der Waals surface area contributed by atoms with Gasteiger partial charge in [-0.2, -0.15) is 5.10 Å². The van der Waals surface area contributed by atoms with Crippen molar-refractivity contribution < 1.29 is 4.92 Å². The van der Waals surface area contributed by atoms with Gasteiger partial charge in [0.15, 0.2) is 0 Å². The van der Waals surface area contributed by atoms with Gasteiger partial charge in [-0.15, -0.1) is 11.3 Å². The van der Waals surface area contributed by atoms with E-state index >= 15 is 0 Å². The van der Waals surface area contributed by atoms with E-state index < -0.39 is 4.92 Å². The summed E-state index contributed by atoms with van der Waals surface area (Å²) in [5, 5.41) is 17.8. The third kappa shape index (κ3) is 5.72. The summed E-state index contributed by atoms with van der Waals surface area (Å²) in [6.07, 6.45) is 3.95. The number of rotatable bonds is 9. The summed E-state index contributed by atoms with van der Waals surface area (Å²) in [5.41, 5.74) is 3.97. The molecule has 0 aliphatic rings. The maximum atomic E-state index is 10.9. The third-order valence-electron chi connectivity index (χ3n) is 3.86. The van der Waals surface area contributed by atoms with Crippen LogP contribution in [0.1, 0.15) is 46.5 Å². The number of hydrogen-bond acceptors (Lipinski definition) is 5. The Morgan fingerprint density at radius 1 is 1.22 bits per heavy atom. The van der Waals surface area contributed by atoms with Gasteiger partial charge >= 0.3 is 0 Å². The van der Waals surface area contributed by atoms with Gasteiger partial charge in [-0.05, 0) is 31.9 Å². The molecule has 1 aromatic carbocycles. The molecule has 6 nitrogen and oxygen atoms in total. The molecule has 0 saturated heterocycles. The molecular formula is C20H26N4O2S. The van der Waals surface area contributed by atoms with E-state index in [0.29, 0.717) is 6.54 Å². The summed E-state index contributed by atoms with van der Waals surface area (Å²) in [5.74, 6) is 0. The average Bonchev–Trinajstić information content (AvgIpc) is 3.03. The summed E-state index contributed by atoms with van der Waals surface area (Å²) in [4.78, 5) is 16.0. The number of aromatic nitrogens is 1. The molecular weight excluding hydrogens is 360 g/mol. The van der Waals surface area contributed by atoms with Crippen LogP contribution in [0.15, 0.2) is 51.9 Å². The SMILES string of the molecule is C=C(C)CN=c1scc(-c2ccc([N+](=O)[O-])cc2)n1N=C(CCC)CCC. The van der Waals surface area contributed by atoms with Gasteiger partial charge in [0, 0.05) is 28.8 Å². The predicted octanol–water partition coefficient (Wildman–Crippen LogP) is 5.41.